The van der Waals surface area contributed by atoms with E-state index in [0.29, 0.717) is 19.1 Å². The van der Waals surface area contributed by atoms with Gasteiger partial charge >= 0.3 is 0 Å². The first-order chi connectivity index (χ1) is 12.1. The van der Waals surface area contributed by atoms with E-state index in [4.69, 9.17) is 0 Å². The van der Waals surface area contributed by atoms with Gasteiger partial charge in [0.1, 0.15) is 0 Å². The third kappa shape index (κ3) is 4.24. The predicted molar refractivity (Wildman–Crippen MR) is 100 cm³/mol. The van der Waals surface area contributed by atoms with Crippen molar-refractivity contribution in [1.82, 2.24) is 9.80 Å². The van der Waals surface area contributed by atoms with Crippen molar-refractivity contribution in [2.75, 3.05) is 26.7 Å². The average molecular weight is 344 g/mol. The molecule has 1 saturated carbocycles. The van der Waals surface area contributed by atoms with Gasteiger partial charge in [0.05, 0.1) is 19.2 Å². The summed E-state index contributed by atoms with van der Waals surface area (Å²) in [5.41, 5.74) is 2.70. The molecule has 0 aliphatic heterocycles. The van der Waals surface area contributed by atoms with E-state index >= 15 is 0 Å². The first kappa shape index (κ1) is 18.4. The molecule has 3 atom stereocenters. The van der Waals surface area contributed by atoms with Gasteiger partial charge in [0, 0.05) is 19.6 Å². The van der Waals surface area contributed by atoms with E-state index in [0.717, 1.165) is 38.0 Å². The average Bonchev–Trinajstić information content (AvgIpc) is 3.06. The van der Waals surface area contributed by atoms with Gasteiger partial charge in [-0.05, 0) is 55.6 Å². The van der Waals surface area contributed by atoms with Crippen LogP contribution >= 0.6 is 0 Å². The zero-order chi connectivity index (χ0) is 17.8. The van der Waals surface area contributed by atoms with Gasteiger partial charge in [-0.25, -0.2) is 0 Å². The van der Waals surface area contributed by atoms with Crippen molar-refractivity contribution in [3.8, 4) is 0 Å². The highest BCUT2D eigenvalue weighted by molar-refractivity contribution is 5.78. The molecule has 2 aliphatic carbocycles. The second-order valence-corrected chi connectivity index (χ2v) is 7.88. The summed E-state index contributed by atoms with van der Waals surface area (Å²) in [5.74, 6) is 0.902. The van der Waals surface area contributed by atoms with E-state index in [1.807, 2.05) is 11.9 Å². The quantitative estimate of drug-likeness (QED) is 0.863. The zero-order valence-corrected chi connectivity index (χ0v) is 15.7. The molecule has 0 spiro atoms. The number of rotatable bonds is 6. The van der Waals surface area contributed by atoms with Gasteiger partial charge in [-0.1, -0.05) is 31.2 Å². The number of benzene rings is 1. The van der Waals surface area contributed by atoms with Crippen LogP contribution in [0.5, 0.6) is 0 Å². The summed E-state index contributed by atoms with van der Waals surface area (Å²) in [5, 5.41) is 9.43. The molecule has 0 heterocycles. The van der Waals surface area contributed by atoms with Gasteiger partial charge in [-0.15, -0.1) is 0 Å². The molecule has 1 aromatic carbocycles. The molecule has 0 radical (unpaired) electrons. The molecule has 1 fully saturated rings. The molecular formula is C21H32N2O2. The molecule has 1 amide bonds. The number of aryl methyl sites for hydroxylation is 1. The minimum atomic E-state index is 0.119. The lowest BCUT2D eigenvalue weighted by Gasteiger charge is -2.36. The smallest absolute Gasteiger partial charge is 0.237 e. The van der Waals surface area contributed by atoms with Crippen molar-refractivity contribution in [2.45, 2.75) is 57.5 Å². The number of carbonyl (C=O) groups is 1. The lowest BCUT2D eigenvalue weighted by atomic mass is 9.87. The third-order valence-corrected chi connectivity index (χ3v) is 6.11. The molecule has 25 heavy (non-hydrogen) atoms. The monoisotopic (exact) mass is 344 g/mol. The van der Waals surface area contributed by atoms with Crippen LogP contribution in [-0.2, 0) is 11.2 Å². The summed E-state index contributed by atoms with van der Waals surface area (Å²) in [6.07, 6.45) is 6.81. The molecular weight excluding hydrogens is 312 g/mol. The normalized spacial score (nSPS) is 25.8. The van der Waals surface area contributed by atoms with Crippen LogP contribution in [0.2, 0.25) is 0 Å². The Balaban J connectivity index is 1.67. The van der Waals surface area contributed by atoms with Gasteiger partial charge < -0.3 is 10.0 Å². The fourth-order valence-electron chi connectivity index (χ4n) is 4.62. The van der Waals surface area contributed by atoms with Crippen LogP contribution in [-0.4, -0.2) is 53.6 Å². The second kappa shape index (κ2) is 8.33. The summed E-state index contributed by atoms with van der Waals surface area (Å²) in [4.78, 5) is 17.1. The first-order valence-corrected chi connectivity index (χ1v) is 9.78. The van der Waals surface area contributed by atoms with Crippen LogP contribution in [0.25, 0.3) is 0 Å². The molecule has 1 N–H and O–H groups in total. The Morgan fingerprint density at radius 2 is 2.04 bits per heavy atom. The Bertz CT molecular complexity index is 589. The van der Waals surface area contributed by atoms with Gasteiger partial charge in [0.2, 0.25) is 5.91 Å². The maximum absolute atomic E-state index is 13.0. The second-order valence-electron chi connectivity index (χ2n) is 7.88. The van der Waals surface area contributed by atoms with E-state index < -0.39 is 0 Å². The summed E-state index contributed by atoms with van der Waals surface area (Å²) in [6, 6.07) is 9.17. The maximum Gasteiger partial charge on any atom is 0.237 e. The van der Waals surface area contributed by atoms with Crippen LogP contribution < -0.4 is 0 Å². The molecule has 0 bridgehead atoms. The number of aliphatic hydroxyl groups excluding tert-OH is 1. The van der Waals surface area contributed by atoms with Gasteiger partial charge in [-0.2, -0.15) is 0 Å². The Morgan fingerprint density at radius 1 is 1.24 bits per heavy atom. The summed E-state index contributed by atoms with van der Waals surface area (Å²) in [6.45, 7) is 3.42. The van der Waals surface area contributed by atoms with E-state index in [9.17, 15) is 9.90 Å². The Morgan fingerprint density at radius 3 is 2.76 bits per heavy atom. The van der Waals surface area contributed by atoms with E-state index in [2.05, 4.69) is 36.1 Å². The van der Waals surface area contributed by atoms with Crippen molar-refractivity contribution in [2.24, 2.45) is 5.92 Å². The largest absolute Gasteiger partial charge is 0.395 e. The topological polar surface area (TPSA) is 43.8 Å². The number of likely N-dealkylation sites (N-methyl/N-ethyl adjacent to an activating group) is 1. The maximum atomic E-state index is 13.0. The predicted octanol–water partition coefficient (Wildman–Crippen LogP) is 3.01. The molecule has 1 aromatic rings. The summed E-state index contributed by atoms with van der Waals surface area (Å²) in [7, 11) is 1.95. The molecule has 4 heteroatoms. The lowest BCUT2D eigenvalue weighted by molar-refractivity contribution is -0.134. The van der Waals surface area contributed by atoms with Gasteiger partial charge in [-0.3, -0.25) is 9.69 Å². The standard InChI is InChI=1S/C21H32N2O2/c1-16-10-11-18(14-16)23(12-13-24)15-21(25)22(2)20-9-5-7-17-6-3-4-8-19(17)20/h3-4,6,8,16,18,20,24H,5,7,9-15H2,1-2H3/t16-,18+,20+/m1/s1. The molecule has 0 unspecified atom stereocenters. The Hall–Kier alpha value is -1.39. The van der Waals surface area contributed by atoms with Crippen molar-refractivity contribution >= 4 is 5.91 Å². The number of carbonyl (C=O) groups excluding carboxylic acids is 1. The Labute approximate surface area is 151 Å². The molecule has 4 nitrogen and oxygen atoms in total. The van der Waals surface area contributed by atoms with E-state index in [-0.39, 0.29) is 18.6 Å². The van der Waals surface area contributed by atoms with Crippen LogP contribution in [0.3, 0.4) is 0 Å². The minimum absolute atomic E-state index is 0.119. The molecule has 2 aliphatic rings. The number of hydrogen-bond acceptors (Lipinski definition) is 3. The fourth-order valence-corrected chi connectivity index (χ4v) is 4.62. The van der Waals surface area contributed by atoms with Crippen LogP contribution in [0.15, 0.2) is 24.3 Å². The van der Waals surface area contributed by atoms with Crippen LogP contribution in [0, 0.1) is 5.92 Å². The lowest BCUT2D eigenvalue weighted by Crippen LogP contribution is -2.45. The highest BCUT2D eigenvalue weighted by Crippen LogP contribution is 2.34. The fraction of sp³-hybridized carbons (Fsp3) is 0.667. The highest BCUT2D eigenvalue weighted by Gasteiger charge is 2.31. The van der Waals surface area contributed by atoms with Gasteiger partial charge in [0.25, 0.3) is 0 Å². The van der Waals surface area contributed by atoms with Crippen molar-refractivity contribution < 1.29 is 9.90 Å². The van der Waals surface area contributed by atoms with Gasteiger partial charge in [0.15, 0.2) is 0 Å². The van der Waals surface area contributed by atoms with E-state index in [1.54, 1.807) is 0 Å². The number of nitrogens with zero attached hydrogens (tertiary/aromatic N) is 2. The van der Waals surface area contributed by atoms with Crippen LogP contribution in [0.1, 0.15) is 56.2 Å². The number of amides is 1. The molecule has 0 aromatic heterocycles. The number of fused-ring (bicyclic) bond motifs is 1. The van der Waals surface area contributed by atoms with Crippen molar-refractivity contribution in [3.05, 3.63) is 35.4 Å². The summed E-state index contributed by atoms with van der Waals surface area (Å²) >= 11 is 0. The summed E-state index contributed by atoms with van der Waals surface area (Å²) < 4.78 is 0. The van der Waals surface area contributed by atoms with Crippen LogP contribution in [0.4, 0.5) is 0 Å². The van der Waals surface area contributed by atoms with Crippen molar-refractivity contribution in [3.63, 3.8) is 0 Å². The first-order valence-electron chi connectivity index (χ1n) is 9.78. The van der Waals surface area contributed by atoms with Crippen molar-refractivity contribution in [1.29, 1.82) is 0 Å². The number of aliphatic hydroxyl groups is 1. The molecule has 0 saturated heterocycles. The SMILES string of the molecule is C[C@@H]1CC[C@H](N(CCO)CC(=O)N(C)[C@H]2CCCc3ccccc32)C1. The highest BCUT2D eigenvalue weighted by atomic mass is 16.3. The zero-order valence-electron chi connectivity index (χ0n) is 15.7. The van der Waals surface area contributed by atoms with E-state index in [1.165, 1.54) is 17.5 Å². The third-order valence-electron chi connectivity index (χ3n) is 6.11. The Kier molecular flexibility index (Phi) is 6.13. The molecule has 3 rings (SSSR count). The minimum Gasteiger partial charge on any atom is -0.395 e. The number of hydrogen-bond donors (Lipinski definition) is 1. The molecule has 138 valence electrons.